The number of hydrogen-bond donors (Lipinski definition) is 0. The lowest BCUT2D eigenvalue weighted by Gasteiger charge is -2.28. The predicted molar refractivity (Wildman–Crippen MR) is 87.4 cm³/mol. The Labute approximate surface area is 122 Å². The SMILES string of the molecule is Cc1c(C(C)(C)C)ccc2c1C(C)(C)c1ccccc1-2. The fourth-order valence-electron chi connectivity index (χ4n) is 3.95. The maximum absolute atomic E-state index is 2.36. The zero-order chi connectivity index (χ0) is 14.7. The first-order valence-corrected chi connectivity index (χ1v) is 7.49. The molecule has 0 amide bonds. The number of rotatable bonds is 0. The third-order valence-electron chi connectivity index (χ3n) is 4.79. The maximum Gasteiger partial charge on any atom is 0.0161 e. The molecule has 0 nitrogen and oxygen atoms in total. The summed E-state index contributed by atoms with van der Waals surface area (Å²) in [4.78, 5) is 0. The molecule has 3 rings (SSSR count). The first-order valence-electron chi connectivity index (χ1n) is 7.49. The van der Waals surface area contributed by atoms with Crippen molar-refractivity contribution in [3.63, 3.8) is 0 Å². The summed E-state index contributed by atoms with van der Waals surface area (Å²) in [5.74, 6) is 0. The van der Waals surface area contributed by atoms with Crippen LogP contribution in [0.1, 0.15) is 56.9 Å². The molecule has 0 aromatic heterocycles. The van der Waals surface area contributed by atoms with Gasteiger partial charge in [0.15, 0.2) is 0 Å². The largest absolute Gasteiger partial charge is 0.0619 e. The molecule has 0 radical (unpaired) electrons. The molecular formula is C20H24. The lowest BCUT2D eigenvalue weighted by atomic mass is 9.75. The molecule has 2 aromatic carbocycles. The van der Waals surface area contributed by atoms with Gasteiger partial charge >= 0.3 is 0 Å². The molecule has 0 spiro atoms. The highest BCUT2D eigenvalue weighted by molar-refractivity contribution is 5.82. The summed E-state index contributed by atoms with van der Waals surface area (Å²) in [6.45, 7) is 13.9. The van der Waals surface area contributed by atoms with Crippen molar-refractivity contribution >= 4 is 0 Å². The molecule has 20 heavy (non-hydrogen) atoms. The van der Waals surface area contributed by atoms with Crippen molar-refractivity contribution < 1.29 is 0 Å². The summed E-state index contributed by atoms with van der Waals surface area (Å²) in [7, 11) is 0. The first-order chi connectivity index (χ1) is 9.24. The van der Waals surface area contributed by atoms with Crippen LogP contribution in [-0.4, -0.2) is 0 Å². The maximum atomic E-state index is 2.36. The quantitative estimate of drug-likeness (QED) is 0.581. The standard InChI is InChI=1S/C20H24/c1-13-16(19(2,3)4)12-11-15-14-9-7-8-10-17(14)20(5,6)18(13)15/h7-12H,1-6H3. The molecule has 0 saturated heterocycles. The third-order valence-corrected chi connectivity index (χ3v) is 4.79. The molecule has 0 atom stereocenters. The van der Waals surface area contributed by atoms with E-state index in [9.17, 15) is 0 Å². The second-order valence-electron chi connectivity index (χ2n) is 7.58. The average molecular weight is 264 g/mol. The van der Waals surface area contributed by atoms with Crippen molar-refractivity contribution in [2.75, 3.05) is 0 Å². The first kappa shape index (κ1) is 13.4. The van der Waals surface area contributed by atoms with Crippen molar-refractivity contribution in [1.82, 2.24) is 0 Å². The third kappa shape index (κ3) is 1.67. The van der Waals surface area contributed by atoms with Crippen LogP contribution in [0.15, 0.2) is 36.4 Å². The van der Waals surface area contributed by atoms with E-state index in [1.54, 1.807) is 0 Å². The number of benzene rings is 2. The fraction of sp³-hybridized carbons (Fsp3) is 0.400. The molecule has 0 aliphatic heterocycles. The second-order valence-corrected chi connectivity index (χ2v) is 7.58. The Morgan fingerprint density at radius 3 is 2.15 bits per heavy atom. The van der Waals surface area contributed by atoms with Crippen LogP contribution in [0.25, 0.3) is 11.1 Å². The van der Waals surface area contributed by atoms with E-state index in [0.717, 1.165) is 0 Å². The molecule has 0 bridgehead atoms. The lowest BCUT2D eigenvalue weighted by Crippen LogP contribution is -2.20. The van der Waals surface area contributed by atoms with Gasteiger partial charge in [-0.05, 0) is 45.7 Å². The van der Waals surface area contributed by atoms with E-state index >= 15 is 0 Å². The predicted octanol–water partition coefficient (Wildman–Crippen LogP) is 5.60. The summed E-state index contributed by atoms with van der Waals surface area (Å²) in [6.07, 6.45) is 0. The Morgan fingerprint density at radius 2 is 1.50 bits per heavy atom. The molecule has 1 aliphatic carbocycles. The average Bonchev–Trinajstić information content (AvgIpc) is 2.59. The minimum absolute atomic E-state index is 0.108. The molecule has 1 aliphatic rings. The number of hydrogen-bond acceptors (Lipinski definition) is 0. The summed E-state index contributed by atoms with van der Waals surface area (Å²) < 4.78 is 0. The van der Waals surface area contributed by atoms with Gasteiger partial charge in [0.1, 0.15) is 0 Å². The van der Waals surface area contributed by atoms with E-state index in [0.29, 0.717) is 0 Å². The van der Waals surface area contributed by atoms with Gasteiger partial charge in [-0.25, -0.2) is 0 Å². The van der Waals surface area contributed by atoms with Crippen LogP contribution in [0.2, 0.25) is 0 Å². The van der Waals surface area contributed by atoms with Crippen molar-refractivity contribution in [2.24, 2.45) is 0 Å². The summed E-state index contributed by atoms with van der Waals surface area (Å²) in [5.41, 5.74) is 9.07. The van der Waals surface area contributed by atoms with Gasteiger partial charge in [-0.1, -0.05) is 71.0 Å². The zero-order valence-electron chi connectivity index (χ0n) is 13.5. The van der Waals surface area contributed by atoms with Crippen molar-refractivity contribution in [3.8, 4) is 11.1 Å². The summed E-state index contributed by atoms with van der Waals surface area (Å²) >= 11 is 0. The van der Waals surface area contributed by atoms with E-state index in [1.807, 2.05) is 0 Å². The minimum Gasteiger partial charge on any atom is -0.0619 e. The Kier molecular flexibility index (Phi) is 2.67. The lowest BCUT2D eigenvalue weighted by molar-refractivity contribution is 0.578. The Morgan fingerprint density at radius 1 is 0.850 bits per heavy atom. The molecule has 104 valence electrons. The van der Waals surface area contributed by atoms with Gasteiger partial charge in [-0.3, -0.25) is 0 Å². The minimum atomic E-state index is 0.108. The second kappa shape index (κ2) is 3.97. The molecule has 0 heteroatoms. The molecule has 2 aromatic rings. The molecule has 0 fully saturated rings. The number of fused-ring (bicyclic) bond motifs is 3. The van der Waals surface area contributed by atoms with Crippen LogP contribution in [-0.2, 0) is 10.8 Å². The van der Waals surface area contributed by atoms with Gasteiger partial charge in [0.05, 0.1) is 0 Å². The zero-order valence-corrected chi connectivity index (χ0v) is 13.5. The highest BCUT2D eigenvalue weighted by Crippen LogP contribution is 2.51. The van der Waals surface area contributed by atoms with E-state index in [1.165, 1.54) is 33.4 Å². The van der Waals surface area contributed by atoms with E-state index in [4.69, 9.17) is 0 Å². The summed E-state index contributed by atoms with van der Waals surface area (Å²) in [6, 6.07) is 13.5. The van der Waals surface area contributed by atoms with Gasteiger partial charge in [-0.15, -0.1) is 0 Å². The Hall–Kier alpha value is -1.56. The van der Waals surface area contributed by atoms with Gasteiger partial charge in [-0.2, -0.15) is 0 Å². The highest BCUT2D eigenvalue weighted by Gasteiger charge is 2.37. The van der Waals surface area contributed by atoms with Gasteiger partial charge in [0, 0.05) is 5.41 Å². The van der Waals surface area contributed by atoms with Gasteiger partial charge in [0.25, 0.3) is 0 Å². The molecule has 0 unspecified atom stereocenters. The van der Waals surface area contributed by atoms with E-state index in [-0.39, 0.29) is 10.8 Å². The van der Waals surface area contributed by atoms with Gasteiger partial charge in [0.2, 0.25) is 0 Å². The van der Waals surface area contributed by atoms with Crippen LogP contribution in [0, 0.1) is 6.92 Å². The van der Waals surface area contributed by atoms with Crippen LogP contribution in [0.5, 0.6) is 0 Å². The molecule has 0 saturated carbocycles. The van der Waals surface area contributed by atoms with Crippen LogP contribution >= 0.6 is 0 Å². The van der Waals surface area contributed by atoms with E-state index < -0.39 is 0 Å². The van der Waals surface area contributed by atoms with Gasteiger partial charge < -0.3 is 0 Å². The fourth-order valence-corrected chi connectivity index (χ4v) is 3.95. The smallest absolute Gasteiger partial charge is 0.0161 e. The van der Waals surface area contributed by atoms with Crippen LogP contribution in [0.3, 0.4) is 0 Å². The van der Waals surface area contributed by atoms with Crippen molar-refractivity contribution in [2.45, 2.75) is 52.4 Å². The Bertz CT molecular complexity index is 682. The molecular weight excluding hydrogens is 240 g/mol. The van der Waals surface area contributed by atoms with E-state index in [2.05, 4.69) is 77.9 Å². The molecule has 0 heterocycles. The van der Waals surface area contributed by atoms with Crippen molar-refractivity contribution in [1.29, 1.82) is 0 Å². The van der Waals surface area contributed by atoms with Crippen molar-refractivity contribution in [3.05, 3.63) is 58.7 Å². The molecule has 0 N–H and O–H groups in total. The normalized spacial score (nSPS) is 15.9. The topological polar surface area (TPSA) is 0 Å². The monoisotopic (exact) mass is 264 g/mol. The Balaban J connectivity index is 2.36. The van der Waals surface area contributed by atoms with Crippen LogP contribution < -0.4 is 0 Å². The summed E-state index contributed by atoms with van der Waals surface area (Å²) in [5, 5.41) is 0. The highest BCUT2D eigenvalue weighted by atomic mass is 14.4. The van der Waals surface area contributed by atoms with Crippen LogP contribution in [0.4, 0.5) is 0 Å².